The number of para-hydroxylation sites is 1. The Balaban J connectivity index is 1.83. The Kier molecular flexibility index (Phi) is 5.36. The van der Waals surface area contributed by atoms with Gasteiger partial charge >= 0.3 is 0 Å². The molecule has 2 aromatic rings. The smallest absolute Gasteiger partial charge is 0.276 e. The van der Waals surface area contributed by atoms with Gasteiger partial charge in [-0.15, -0.1) is 0 Å². The number of aryl methyl sites for hydroxylation is 1. The molecular weight excluding hydrogens is 348 g/mol. The van der Waals surface area contributed by atoms with E-state index in [1.807, 2.05) is 13.8 Å². The Morgan fingerprint density at radius 3 is 2.44 bits per heavy atom. The highest BCUT2D eigenvalue weighted by Crippen LogP contribution is 2.21. The summed E-state index contributed by atoms with van der Waals surface area (Å²) in [5.74, 6) is -0.657. The molecule has 2 heterocycles. The van der Waals surface area contributed by atoms with Crippen LogP contribution in [0.25, 0.3) is 0 Å². The fourth-order valence-electron chi connectivity index (χ4n) is 3.10. The summed E-state index contributed by atoms with van der Waals surface area (Å²) in [6.45, 7) is 4.84. The zero-order valence-electron chi connectivity index (χ0n) is 15.5. The van der Waals surface area contributed by atoms with Gasteiger partial charge in [-0.1, -0.05) is 12.1 Å². The number of benzene rings is 1. The molecule has 2 amide bonds. The number of nitrogens with one attached hydrogen (secondary N) is 1. The number of morpholine rings is 1. The Hall–Kier alpha value is -3.00. The molecule has 8 nitrogen and oxygen atoms in total. The predicted molar refractivity (Wildman–Crippen MR) is 99.8 cm³/mol. The zero-order chi connectivity index (χ0) is 19.6. The van der Waals surface area contributed by atoms with Crippen LogP contribution in [0.2, 0.25) is 0 Å². The third-order valence-electron chi connectivity index (χ3n) is 4.31. The van der Waals surface area contributed by atoms with E-state index in [1.165, 1.54) is 19.2 Å². The van der Waals surface area contributed by atoms with Gasteiger partial charge in [-0.05, 0) is 32.0 Å². The second-order valence-electron chi connectivity index (χ2n) is 6.65. The van der Waals surface area contributed by atoms with E-state index in [2.05, 4.69) is 10.4 Å². The van der Waals surface area contributed by atoms with Gasteiger partial charge in [0.05, 0.1) is 23.5 Å². The molecule has 1 aromatic heterocycles. The molecular formula is C19H22N4O4. The summed E-state index contributed by atoms with van der Waals surface area (Å²) in [6, 6.07) is 9.46. The van der Waals surface area contributed by atoms with Crippen LogP contribution in [0.4, 0.5) is 5.69 Å². The van der Waals surface area contributed by atoms with Gasteiger partial charge in [0.1, 0.15) is 5.69 Å². The van der Waals surface area contributed by atoms with E-state index >= 15 is 0 Å². The van der Waals surface area contributed by atoms with Gasteiger partial charge in [-0.25, -0.2) is 4.68 Å². The molecule has 3 rings (SSSR count). The second-order valence-corrected chi connectivity index (χ2v) is 6.65. The zero-order valence-corrected chi connectivity index (χ0v) is 15.5. The largest absolute Gasteiger partial charge is 0.372 e. The number of ether oxygens (including phenoxy) is 1. The number of amides is 2. The fraction of sp³-hybridized carbons (Fsp3) is 0.368. The molecule has 142 valence electrons. The quantitative estimate of drug-likeness (QED) is 0.879. The van der Waals surface area contributed by atoms with Crippen LogP contribution in [0, 0.1) is 0 Å². The highest BCUT2D eigenvalue weighted by molar-refractivity contribution is 6.08. The Bertz CT molecular complexity index is 914. The van der Waals surface area contributed by atoms with Crippen molar-refractivity contribution in [2.24, 2.45) is 7.05 Å². The van der Waals surface area contributed by atoms with Crippen LogP contribution in [-0.4, -0.2) is 51.8 Å². The first-order chi connectivity index (χ1) is 12.8. The van der Waals surface area contributed by atoms with Gasteiger partial charge in [0.15, 0.2) is 0 Å². The molecule has 0 unspecified atom stereocenters. The SMILES string of the molecule is C[C@@H]1CN(C(=O)c2ccccc2NC(=O)c2ccc(=O)n(C)n2)C[C@@H](C)O1. The van der Waals surface area contributed by atoms with Crippen molar-refractivity contribution in [2.75, 3.05) is 18.4 Å². The van der Waals surface area contributed by atoms with E-state index in [0.29, 0.717) is 24.3 Å². The van der Waals surface area contributed by atoms with Crippen LogP contribution in [0.1, 0.15) is 34.7 Å². The molecule has 0 saturated carbocycles. The first-order valence-electron chi connectivity index (χ1n) is 8.74. The number of aromatic nitrogens is 2. The van der Waals surface area contributed by atoms with Crippen LogP contribution >= 0.6 is 0 Å². The third kappa shape index (κ3) is 4.22. The number of anilines is 1. The van der Waals surface area contributed by atoms with Crippen molar-refractivity contribution in [3.63, 3.8) is 0 Å². The van der Waals surface area contributed by atoms with Crippen LogP contribution in [-0.2, 0) is 11.8 Å². The van der Waals surface area contributed by atoms with Crippen LogP contribution < -0.4 is 10.9 Å². The molecule has 2 atom stereocenters. The number of hydrogen-bond donors (Lipinski definition) is 1. The van der Waals surface area contributed by atoms with Crippen molar-refractivity contribution in [1.29, 1.82) is 0 Å². The third-order valence-corrected chi connectivity index (χ3v) is 4.31. The summed E-state index contributed by atoms with van der Waals surface area (Å²) in [6.07, 6.45) is -0.0940. The van der Waals surface area contributed by atoms with Crippen molar-refractivity contribution >= 4 is 17.5 Å². The minimum atomic E-state index is -0.491. The summed E-state index contributed by atoms with van der Waals surface area (Å²) >= 11 is 0. The van der Waals surface area contributed by atoms with Crippen molar-refractivity contribution in [1.82, 2.24) is 14.7 Å². The van der Waals surface area contributed by atoms with Crippen molar-refractivity contribution in [2.45, 2.75) is 26.1 Å². The average molecular weight is 370 g/mol. The standard InChI is InChI=1S/C19H22N4O4/c1-12-10-23(11-13(2)27-12)19(26)14-6-4-5-7-15(14)20-18(25)16-8-9-17(24)22(3)21-16/h4-9,12-13H,10-11H2,1-3H3,(H,20,25)/t12-,13-/m1/s1. The van der Waals surface area contributed by atoms with Gasteiger partial charge in [0.25, 0.3) is 17.4 Å². The molecule has 0 aliphatic carbocycles. The summed E-state index contributed by atoms with van der Waals surface area (Å²) < 4.78 is 6.76. The molecule has 1 aliphatic rings. The molecule has 1 N–H and O–H groups in total. The predicted octanol–water partition coefficient (Wildman–Crippen LogP) is 1.28. The molecule has 1 saturated heterocycles. The van der Waals surface area contributed by atoms with E-state index in [9.17, 15) is 14.4 Å². The maximum Gasteiger partial charge on any atom is 0.276 e. The lowest BCUT2D eigenvalue weighted by Gasteiger charge is -2.35. The van der Waals surface area contributed by atoms with E-state index in [1.54, 1.807) is 29.2 Å². The van der Waals surface area contributed by atoms with Gasteiger partial charge in [-0.3, -0.25) is 14.4 Å². The van der Waals surface area contributed by atoms with Gasteiger partial charge in [0.2, 0.25) is 0 Å². The van der Waals surface area contributed by atoms with Crippen molar-refractivity contribution in [3.05, 3.63) is 58.0 Å². The Labute approximate surface area is 156 Å². The average Bonchev–Trinajstić information content (AvgIpc) is 2.63. The van der Waals surface area contributed by atoms with Crippen LogP contribution in [0.3, 0.4) is 0 Å². The molecule has 27 heavy (non-hydrogen) atoms. The molecule has 8 heteroatoms. The Morgan fingerprint density at radius 2 is 1.78 bits per heavy atom. The highest BCUT2D eigenvalue weighted by Gasteiger charge is 2.28. The molecule has 1 fully saturated rings. The van der Waals surface area contributed by atoms with Crippen LogP contribution in [0.15, 0.2) is 41.2 Å². The van der Waals surface area contributed by atoms with E-state index < -0.39 is 5.91 Å². The lowest BCUT2D eigenvalue weighted by Crippen LogP contribution is -2.48. The minimum Gasteiger partial charge on any atom is -0.372 e. The molecule has 1 aromatic carbocycles. The molecule has 0 spiro atoms. The summed E-state index contributed by atoms with van der Waals surface area (Å²) in [5.41, 5.74) is 0.581. The first kappa shape index (κ1) is 18.8. The van der Waals surface area contributed by atoms with E-state index in [0.717, 1.165) is 4.68 Å². The number of rotatable bonds is 3. The molecule has 0 bridgehead atoms. The lowest BCUT2D eigenvalue weighted by atomic mass is 10.1. The number of hydrogen-bond acceptors (Lipinski definition) is 5. The summed E-state index contributed by atoms with van der Waals surface area (Å²) in [5, 5.41) is 6.65. The fourth-order valence-corrected chi connectivity index (χ4v) is 3.10. The number of nitrogens with zero attached hydrogens (tertiary/aromatic N) is 3. The van der Waals surface area contributed by atoms with Gasteiger partial charge < -0.3 is 15.0 Å². The summed E-state index contributed by atoms with van der Waals surface area (Å²) in [7, 11) is 1.47. The topological polar surface area (TPSA) is 93.5 Å². The maximum atomic E-state index is 13.0. The Morgan fingerprint density at radius 1 is 1.11 bits per heavy atom. The monoisotopic (exact) mass is 370 g/mol. The number of carbonyl (C=O) groups excluding carboxylic acids is 2. The van der Waals surface area contributed by atoms with Gasteiger partial charge in [-0.2, -0.15) is 5.10 Å². The van der Waals surface area contributed by atoms with E-state index in [4.69, 9.17) is 4.74 Å². The molecule has 0 radical (unpaired) electrons. The summed E-state index contributed by atoms with van der Waals surface area (Å²) in [4.78, 5) is 38.6. The lowest BCUT2D eigenvalue weighted by molar-refractivity contribution is -0.0585. The van der Waals surface area contributed by atoms with Crippen molar-refractivity contribution < 1.29 is 14.3 Å². The maximum absolute atomic E-state index is 13.0. The van der Waals surface area contributed by atoms with Crippen molar-refractivity contribution in [3.8, 4) is 0 Å². The van der Waals surface area contributed by atoms with E-state index in [-0.39, 0.29) is 29.4 Å². The normalized spacial score (nSPS) is 19.6. The first-order valence-corrected chi connectivity index (χ1v) is 8.74. The van der Waals surface area contributed by atoms with Crippen LogP contribution in [0.5, 0.6) is 0 Å². The second kappa shape index (κ2) is 7.71. The number of carbonyl (C=O) groups is 2. The van der Waals surface area contributed by atoms with Gasteiger partial charge in [0, 0.05) is 26.2 Å². The molecule has 1 aliphatic heterocycles. The minimum absolute atomic E-state index is 0.0470. The highest BCUT2D eigenvalue weighted by atomic mass is 16.5.